The zero-order valence-corrected chi connectivity index (χ0v) is 6.87. The Labute approximate surface area is 67.5 Å². The highest BCUT2D eigenvalue weighted by atomic mass is 19.3. The zero-order chi connectivity index (χ0) is 10.3. The second-order valence-corrected chi connectivity index (χ2v) is 1.93. The normalized spacial score (nSPS) is 7.92. The molecular weight excluding hydrogens is 178 g/mol. The van der Waals surface area contributed by atoms with Crippen molar-refractivity contribution < 1.29 is 22.4 Å². The summed E-state index contributed by atoms with van der Waals surface area (Å²) < 4.78 is 41.1. The van der Waals surface area contributed by atoms with Crippen LogP contribution in [0.25, 0.3) is 0 Å². The van der Waals surface area contributed by atoms with Gasteiger partial charge in [0.2, 0.25) is 5.91 Å². The first-order chi connectivity index (χ1) is 5.29. The van der Waals surface area contributed by atoms with Crippen molar-refractivity contribution in [1.82, 2.24) is 4.90 Å². The Morgan fingerprint density at radius 2 is 1.17 bits per heavy atom. The summed E-state index contributed by atoms with van der Waals surface area (Å²) in [6, 6.07) is 0. The van der Waals surface area contributed by atoms with E-state index in [1.165, 1.54) is 11.8 Å². The van der Waals surface area contributed by atoms with Crippen LogP contribution < -0.4 is 0 Å². The van der Waals surface area contributed by atoms with Crippen molar-refractivity contribution >= 4 is 5.91 Å². The number of carbonyl (C=O) groups excluding carboxylic acids is 1. The minimum atomic E-state index is -2.91. The highest BCUT2D eigenvalue weighted by Gasteiger charge is 1.98. The van der Waals surface area contributed by atoms with Crippen molar-refractivity contribution in [2.45, 2.75) is 6.92 Å². The fourth-order valence-electron chi connectivity index (χ4n) is 0. The molecule has 6 heteroatoms. The van der Waals surface area contributed by atoms with Gasteiger partial charge in [-0.2, -0.15) is 17.6 Å². The molecule has 0 N–H and O–H groups in total. The lowest BCUT2D eigenvalue weighted by Gasteiger charge is -2.02. The Kier molecular flexibility index (Phi) is 7.47. The van der Waals surface area contributed by atoms with Crippen molar-refractivity contribution in [1.29, 1.82) is 0 Å². The molecule has 0 bridgehead atoms. The van der Waals surface area contributed by atoms with Gasteiger partial charge in [-0.15, -0.1) is 0 Å². The van der Waals surface area contributed by atoms with Crippen LogP contribution in [0.2, 0.25) is 0 Å². The summed E-state index contributed by atoms with van der Waals surface area (Å²) in [7, 11) is 3.45. The van der Waals surface area contributed by atoms with Crippen molar-refractivity contribution in [3.63, 3.8) is 0 Å². The Morgan fingerprint density at radius 3 is 1.17 bits per heavy atom. The molecule has 0 aromatic heterocycles. The molecule has 0 saturated heterocycles. The van der Waals surface area contributed by atoms with Crippen LogP contribution in [0.4, 0.5) is 17.6 Å². The molecule has 12 heavy (non-hydrogen) atoms. The van der Waals surface area contributed by atoms with Crippen LogP contribution in [0.3, 0.4) is 0 Å². The minimum absolute atomic E-state index is 0.0926. The van der Waals surface area contributed by atoms with E-state index in [-0.39, 0.29) is 5.91 Å². The molecule has 0 aromatic rings. The van der Waals surface area contributed by atoms with Gasteiger partial charge in [0.15, 0.2) is 0 Å². The van der Waals surface area contributed by atoms with Gasteiger partial charge in [-0.1, -0.05) is 0 Å². The lowest BCUT2D eigenvalue weighted by molar-refractivity contribution is -0.126. The molecule has 0 aliphatic rings. The predicted molar refractivity (Wildman–Crippen MR) is 35.8 cm³/mol. The van der Waals surface area contributed by atoms with Gasteiger partial charge < -0.3 is 4.90 Å². The Morgan fingerprint density at radius 1 is 1.00 bits per heavy atom. The number of amides is 1. The molecule has 0 rings (SSSR count). The van der Waals surface area contributed by atoms with Crippen LogP contribution >= 0.6 is 0 Å². The number of halogens is 4. The molecule has 0 unspecified atom stereocenters. The van der Waals surface area contributed by atoms with Gasteiger partial charge in [-0.3, -0.25) is 4.79 Å². The van der Waals surface area contributed by atoms with Gasteiger partial charge in [-0.05, 0) is 0 Å². The minimum Gasteiger partial charge on any atom is -0.349 e. The number of hydrogen-bond acceptors (Lipinski definition) is 1. The number of nitrogens with zero attached hydrogens (tertiary/aromatic N) is 1. The molecule has 0 spiro atoms. The van der Waals surface area contributed by atoms with E-state index in [1.807, 2.05) is 0 Å². The predicted octanol–water partition coefficient (Wildman–Crippen LogP) is 2.09. The molecular formula is C6H9F4NO. The smallest absolute Gasteiger partial charge is 0.334 e. The summed E-state index contributed by atoms with van der Waals surface area (Å²) in [5, 5.41) is 0. The van der Waals surface area contributed by atoms with Crippen molar-refractivity contribution in [3.05, 3.63) is 12.2 Å². The van der Waals surface area contributed by atoms with Crippen molar-refractivity contribution in [2.75, 3.05) is 14.1 Å². The summed E-state index contributed by atoms with van der Waals surface area (Å²) >= 11 is 0. The Hall–Kier alpha value is -1.07. The van der Waals surface area contributed by atoms with E-state index >= 15 is 0 Å². The molecule has 0 radical (unpaired) electrons. The third-order valence-electron chi connectivity index (χ3n) is 0.773. The fraction of sp³-hybridized carbons (Fsp3) is 0.500. The molecule has 0 fully saturated rings. The number of carbonyl (C=O) groups is 1. The van der Waals surface area contributed by atoms with Crippen LogP contribution in [0.15, 0.2) is 12.2 Å². The average molecular weight is 187 g/mol. The summed E-state index contributed by atoms with van der Waals surface area (Å²) in [5.41, 5.74) is 0. The monoisotopic (exact) mass is 187 g/mol. The van der Waals surface area contributed by atoms with Crippen LogP contribution in [0.1, 0.15) is 6.92 Å². The van der Waals surface area contributed by atoms with Crippen LogP contribution in [-0.4, -0.2) is 24.9 Å². The third-order valence-corrected chi connectivity index (χ3v) is 0.773. The summed E-state index contributed by atoms with van der Waals surface area (Å²) in [5.74, 6) is 0.0926. The van der Waals surface area contributed by atoms with E-state index < -0.39 is 12.2 Å². The van der Waals surface area contributed by atoms with E-state index in [4.69, 9.17) is 0 Å². The summed E-state index contributed by atoms with van der Waals surface area (Å²) in [6.07, 6.45) is -5.81. The molecule has 0 heterocycles. The van der Waals surface area contributed by atoms with E-state index in [2.05, 4.69) is 0 Å². The van der Waals surface area contributed by atoms with Crippen molar-refractivity contribution in [3.8, 4) is 0 Å². The van der Waals surface area contributed by atoms with E-state index in [0.717, 1.165) is 0 Å². The van der Waals surface area contributed by atoms with E-state index in [0.29, 0.717) is 0 Å². The van der Waals surface area contributed by atoms with Crippen LogP contribution in [-0.2, 0) is 4.79 Å². The maximum Gasteiger partial charge on any atom is 0.334 e. The maximum atomic E-state index is 10.3. The highest BCUT2D eigenvalue weighted by Crippen LogP contribution is 2.08. The fourth-order valence-corrected chi connectivity index (χ4v) is 0. The van der Waals surface area contributed by atoms with E-state index in [9.17, 15) is 22.4 Å². The quantitative estimate of drug-likeness (QED) is 0.531. The molecule has 0 saturated carbocycles. The molecule has 2 nitrogen and oxygen atoms in total. The second-order valence-electron chi connectivity index (χ2n) is 1.93. The summed E-state index contributed by atoms with van der Waals surface area (Å²) in [4.78, 5) is 11.6. The first-order valence-corrected chi connectivity index (χ1v) is 2.83. The molecule has 0 atom stereocenters. The second kappa shape index (κ2) is 6.63. The Balaban J connectivity index is 0. The lowest BCUT2D eigenvalue weighted by atomic mass is 10.7. The third kappa shape index (κ3) is 11.7. The molecule has 0 aliphatic carbocycles. The average Bonchev–Trinajstić information content (AvgIpc) is 1.88. The largest absolute Gasteiger partial charge is 0.349 e. The topological polar surface area (TPSA) is 20.3 Å². The molecule has 72 valence electrons. The number of hydrogen-bond donors (Lipinski definition) is 0. The van der Waals surface area contributed by atoms with E-state index in [1.54, 1.807) is 14.1 Å². The van der Waals surface area contributed by atoms with Gasteiger partial charge in [-0.25, -0.2) is 0 Å². The van der Waals surface area contributed by atoms with Gasteiger partial charge in [0, 0.05) is 21.0 Å². The molecule has 0 aromatic carbocycles. The highest BCUT2D eigenvalue weighted by molar-refractivity contribution is 5.72. The molecule has 1 amide bonds. The standard InChI is InChI=1S/C4H9NO.C2F4/c1-4(6)5(2)3;3-1(4)2(5)6/h1-3H3;. The molecule has 0 aliphatic heterocycles. The van der Waals surface area contributed by atoms with Gasteiger partial charge in [0.25, 0.3) is 0 Å². The van der Waals surface area contributed by atoms with Crippen LogP contribution in [0, 0.1) is 0 Å². The lowest BCUT2D eigenvalue weighted by Crippen LogP contribution is -2.17. The van der Waals surface area contributed by atoms with Gasteiger partial charge in [0.05, 0.1) is 0 Å². The first kappa shape index (κ1) is 13.5. The van der Waals surface area contributed by atoms with Crippen LogP contribution in [0.5, 0.6) is 0 Å². The first-order valence-electron chi connectivity index (χ1n) is 2.83. The van der Waals surface area contributed by atoms with Gasteiger partial charge in [0.1, 0.15) is 0 Å². The Bertz CT molecular complexity index is 160. The maximum absolute atomic E-state index is 10.3. The number of rotatable bonds is 0. The van der Waals surface area contributed by atoms with Crippen molar-refractivity contribution in [2.24, 2.45) is 0 Å². The zero-order valence-electron chi connectivity index (χ0n) is 6.87. The SMILES string of the molecule is CC(=O)N(C)C.FC(F)=C(F)F. The summed E-state index contributed by atoms with van der Waals surface area (Å²) in [6.45, 7) is 1.53. The van der Waals surface area contributed by atoms with Gasteiger partial charge >= 0.3 is 12.2 Å².